The van der Waals surface area contributed by atoms with Crippen molar-refractivity contribution >= 4 is 16.1 Å². The fourth-order valence-corrected chi connectivity index (χ4v) is 4.65. The Hall–Kier alpha value is -0.700. The highest BCUT2D eigenvalue weighted by Gasteiger charge is 2.37. The molecular weight excluding hydrogens is 282 g/mol. The van der Waals surface area contributed by atoms with Crippen LogP contribution in [0.1, 0.15) is 26.7 Å². The minimum absolute atomic E-state index is 0.100. The predicted molar refractivity (Wildman–Crippen MR) is 74.0 cm³/mol. The van der Waals surface area contributed by atoms with Gasteiger partial charge in [-0.05, 0) is 26.7 Å². The number of hydrogen-bond acceptors (Lipinski definition) is 4. The summed E-state index contributed by atoms with van der Waals surface area (Å²) < 4.78 is 33.7. The van der Waals surface area contributed by atoms with Gasteiger partial charge in [0.15, 0.2) is 0 Å². The Kier molecular flexibility index (Phi) is 4.68. The van der Waals surface area contributed by atoms with Crippen LogP contribution in [0.25, 0.3) is 0 Å². The molecule has 2 fully saturated rings. The van der Waals surface area contributed by atoms with Crippen molar-refractivity contribution in [1.82, 2.24) is 8.61 Å². The SMILES string of the molecule is C[C@@H]1CN(S(=O)(=O)N2CCC(C(N)=O)CC2)C[C@H](C)O1. The number of nitrogens with zero attached hydrogens (tertiary/aromatic N) is 2. The van der Waals surface area contributed by atoms with Gasteiger partial charge < -0.3 is 10.5 Å². The van der Waals surface area contributed by atoms with E-state index in [2.05, 4.69) is 0 Å². The monoisotopic (exact) mass is 305 g/mol. The van der Waals surface area contributed by atoms with Crippen LogP contribution in [0, 0.1) is 5.92 Å². The molecule has 2 rings (SSSR count). The molecule has 8 heteroatoms. The molecule has 116 valence electrons. The van der Waals surface area contributed by atoms with Gasteiger partial charge in [-0.2, -0.15) is 17.0 Å². The zero-order chi connectivity index (χ0) is 14.9. The van der Waals surface area contributed by atoms with E-state index in [4.69, 9.17) is 10.5 Å². The second-order valence-electron chi connectivity index (χ2n) is 5.66. The highest BCUT2D eigenvalue weighted by Crippen LogP contribution is 2.23. The molecule has 0 bridgehead atoms. The van der Waals surface area contributed by atoms with Crippen LogP contribution in [0.15, 0.2) is 0 Å². The first-order valence-corrected chi connectivity index (χ1v) is 8.40. The Labute approximate surface area is 120 Å². The third kappa shape index (κ3) is 3.30. The molecule has 2 atom stereocenters. The van der Waals surface area contributed by atoms with E-state index in [9.17, 15) is 13.2 Å². The first kappa shape index (κ1) is 15.7. The van der Waals surface area contributed by atoms with Crippen LogP contribution in [0.5, 0.6) is 0 Å². The van der Waals surface area contributed by atoms with Gasteiger partial charge in [0.05, 0.1) is 12.2 Å². The molecule has 0 aromatic heterocycles. The highest BCUT2D eigenvalue weighted by molar-refractivity contribution is 7.86. The average molecular weight is 305 g/mol. The number of carbonyl (C=O) groups excluding carboxylic acids is 1. The summed E-state index contributed by atoms with van der Waals surface area (Å²) in [5.41, 5.74) is 5.27. The molecule has 0 aromatic rings. The van der Waals surface area contributed by atoms with Gasteiger partial charge in [-0.15, -0.1) is 0 Å². The number of nitrogens with two attached hydrogens (primary N) is 1. The maximum atomic E-state index is 12.6. The fourth-order valence-electron chi connectivity index (χ4n) is 2.85. The number of piperidine rings is 1. The molecule has 0 unspecified atom stereocenters. The summed E-state index contributed by atoms with van der Waals surface area (Å²) >= 11 is 0. The van der Waals surface area contributed by atoms with E-state index in [0.29, 0.717) is 39.0 Å². The molecule has 2 N–H and O–H groups in total. The number of hydrogen-bond donors (Lipinski definition) is 1. The molecule has 2 aliphatic rings. The van der Waals surface area contributed by atoms with Crippen LogP contribution in [-0.4, -0.2) is 61.3 Å². The van der Waals surface area contributed by atoms with Crippen LogP contribution in [0.2, 0.25) is 0 Å². The number of morpholine rings is 1. The maximum Gasteiger partial charge on any atom is 0.282 e. The van der Waals surface area contributed by atoms with Crippen LogP contribution < -0.4 is 5.73 Å². The van der Waals surface area contributed by atoms with Crippen molar-refractivity contribution in [2.75, 3.05) is 26.2 Å². The fraction of sp³-hybridized carbons (Fsp3) is 0.917. The highest BCUT2D eigenvalue weighted by atomic mass is 32.2. The lowest BCUT2D eigenvalue weighted by molar-refractivity contribution is -0.122. The standard InChI is InChI=1S/C12H23N3O4S/c1-9-7-15(8-10(2)19-9)20(17,18)14-5-3-11(4-6-14)12(13)16/h9-11H,3-8H2,1-2H3,(H2,13,16)/t9-,10+. The number of rotatable bonds is 3. The molecule has 20 heavy (non-hydrogen) atoms. The number of amides is 1. The van der Waals surface area contributed by atoms with Crippen molar-refractivity contribution in [2.24, 2.45) is 11.7 Å². The van der Waals surface area contributed by atoms with E-state index >= 15 is 0 Å². The molecule has 2 heterocycles. The van der Waals surface area contributed by atoms with Crippen LogP contribution in [-0.2, 0) is 19.7 Å². The average Bonchev–Trinajstić information content (AvgIpc) is 2.37. The lowest BCUT2D eigenvalue weighted by atomic mass is 9.98. The van der Waals surface area contributed by atoms with Crippen molar-refractivity contribution < 1.29 is 17.9 Å². The van der Waals surface area contributed by atoms with Crippen molar-refractivity contribution in [3.63, 3.8) is 0 Å². The van der Waals surface area contributed by atoms with E-state index in [1.807, 2.05) is 13.8 Å². The molecular formula is C12H23N3O4S. The zero-order valence-electron chi connectivity index (χ0n) is 12.0. The van der Waals surface area contributed by atoms with E-state index in [1.54, 1.807) is 0 Å². The third-order valence-corrected chi connectivity index (χ3v) is 5.86. The van der Waals surface area contributed by atoms with Gasteiger partial charge in [0, 0.05) is 32.1 Å². The van der Waals surface area contributed by atoms with Crippen LogP contribution in [0.3, 0.4) is 0 Å². The van der Waals surface area contributed by atoms with Crippen LogP contribution in [0.4, 0.5) is 0 Å². The van der Waals surface area contributed by atoms with Crippen molar-refractivity contribution in [3.8, 4) is 0 Å². The van der Waals surface area contributed by atoms with Gasteiger partial charge in [-0.3, -0.25) is 4.79 Å². The van der Waals surface area contributed by atoms with Crippen molar-refractivity contribution in [1.29, 1.82) is 0 Å². The van der Waals surface area contributed by atoms with Crippen molar-refractivity contribution in [2.45, 2.75) is 38.9 Å². The van der Waals surface area contributed by atoms with E-state index in [-0.39, 0.29) is 24.0 Å². The Morgan fingerprint density at radius 2 is 1.60 bits per heavy atom. The maximum absolute atomic E-state index is 12.6. The summed E-state index contributed by atoms with van der Waals surface area (Å²) in [4.78, 5) is 11.1. The number of carbonyl (C=O) groups is 1. The largest absolute Gasteiger partial charge is 0.373 e. The number of primary amides is 1. The smallest absolute Gasteiger partial charge is 0.282 e. The molecule has 0 aromatic carbocycles. The molecule has 0 spiro atoms. The van der Waals surface area contributed by atoms with Gasteiger partial charge in [-0.25, -0.2) is 0 Å². The topological polar surface area (TPSA) is 92.9 Å². The van der Waals surface area contributed by atoms with E-state index in [0.717, 1.165) is 0 Å². The summed E-state index contributed by atoms with van der Waals surface area (Å²) in [5.74, 6) is -0.542. The normalized spacial score (nSPS) is 31.3. The molecule has 0 radical (unpaired) electrons. The van der Waals surface area contributed by atoms with Gasteiger partial charge in [0.1, 0.15) is 0 Å². The van der Waals surface area contributed by atoms with Crippen LogP contribution >= 0.6 is 0 Å². The summed E-state index contributed by atoms with van der Waals surface area (Å²) in [6, 6.07) is 0. The summed E-state index contributed by atoms with van der Waals surface area (Å²) in [5, 5.41) is 0. The Bertz CT molecular complexity index is 449. The van der Waals surface area contributed by atoms with E-state index in [1.165, 1.54) is 8.61 Å². The first-order valence-electron chi connectivity index (χ1n) is 7.00. The molecule has 1 amide bonds. The summed E-state index contributed by atoms with van der Waals surface area (Å²) in [7, 11) is -3.47. The van der Waals surface area contributed by atoms with Gasteiger partial charge >= 0.3 is 0 Å². The zero-order valence-corrected chi connectivity index (χ0v) is 12.8. The first-order chi connectivity index (χ1) is 9.30. The quantitative estimate of drug-likeness (QED) is 0.763. The summed E-state index contributed by atoms with van der Waals surface area (Å²) in [6.45, 7) is 5.21. The molecule has 0 aliphatic carbocycles. The molecule has 2 aliphatic heterocycles. The van der Waals surface area contributed by atoms with Crippen molar-refractivity contribution in [3.05, 3.63) is 0 Å². The predicted octanol–water partition coefficient (Wildman–Crippen LogP) is -0.462. The Balaban J connectivity index is 2.02. The van der Waals surface area contributed by atoms with Gasteiger partial charge in [0.25, 0.3) is 10.2 Å². The Morgan fingerprint density at radius 3 is 2.05 bits per heavy atom. The lowest BCUT2D eigenvalue weighted by Crippen LogP contribution is -2.54. The second kappa shape index (κ2) is 5.97. The number of ether oxygens (including phenoxy) is 1. The van der Waals surface area contributed by atoms with Gasteiger partial charge in [-0.1, -0.05) is 0 Å². The molecule has 7 nitrogen and oxygen atoms in total. The molecule has 2 saturated heterocycles. The third-order valence-electron chi connectivity index (χ3n) is 3.89. The molecule has 0 saturated carbocycles. The minimum Gasteiger partial charge on any atom is -0.373 e. The van der Waals surface area contributed by atoms with Gasteiger partial charge in [0.2, 0.25) is 5.91 Å². The second-order valence-corrected chi connectivity index (χ2v) is 7.59. The summed E-state index contributed by atoms with van der Waals surface area (Å²) in [6.07, 6.45) is 0.807. The lowest BCUT2D eigenvalue weighted by Gasteiger charge is -2.39. The van der Waals surface area contributed by atoms with E-state index < -0.39 is 10.2 Å². The minimum atomic E-state index is -3.47. The Morgan fingerprint density at radius 1 is 1.10 bits per heavy atom.